The molecule has 0 amide bonds. The van der Waals surface area contributed by atoms with E-state index in [1.54, 1.807) is 12.3 Å². The summed E-state index contributed by atoms with van der Waals surface area (Å²) >= 11 is 0. The lowest BCUT2D eigenvalue weighted by molar-refractivity contribution is 0.297. The Hall–Kier alpha value is -2.56. The van der Waals surface area contributed by atoms with Crippen molar-refractivity contribution in [1.82, 2.24) is 15.0 Å². The SMILES string of the molecule is Nc1cnc2nc(COc3ccccc3)[nH]c2c1. The molecule has 18 heavy (non-hydrogen) atoms. The summed E-state index contributed by atoms with van der Waals surface area (Å²) in [7, 11) is 0. The molecule has 0 saturated heterocycles. The molecule has 3 N–H and O–H groups in total. The number of imidazole rings is 1. The fourth-order valence-corrected chi connectivity index (χ4v) is 1.70. The summed E-state index contributed by atoms with van der Waals surface area (Å²) in [5, 5.41) is 0. The van der Waals surface area contributed by atoms with Crippen molar-refractivity contribution in [3.8, 4) is 5.75 Å². The summed E-state index contributed by atoms with van der Waals surface area (Å²) in [6.07, 6.45) is 1.59. The molecule has 0 spiro atoms. The Balaban J connectivity index is 1.79. The third kappa shape index (κ3) is 2.10. The number of nitrogens with one attached hydrogen (secondary N) is 1. The van der Waals surface area contributed by atoms with Gasteiger partial charge < -0.3 is 15.5 Å². The van der Waals surface area contributed by atoms with Crippen LogP contribution in [0.3, 0.4) is 0 Å². The van der Waals surface area contributed by atoms with E-state index in [-0.39, 0.29) is 0 Å². The van der Waals surface area contributed by atoms with Crippen molar-refractivity contribution in [3.05, 3.63) is 48.4 Å². The quantitative estimate of drug-likeness (QED) is 0.735. The average Bonchev–Trinajstić information content (AvgIpc) is 2.79. The molecule has 0 fully saturated rings. The highest BCUT2D eigenvalue weighted by atomic mass is 16.5. The maximum atomic E-state index is 5.66. The van der Waals surface area contributed by atoms with Crippen LogP contribution in [-0.2, 0) is 6.61 Å². The van der Waals surface area contributed by atoms with E-state index in [0.717, 1.165) is 17.1 Å². The summed E-state index contributed by atoms with van der Waals surface area (Å²) in [6, 6.07) is 11.4. The maximum absolute atomic E-state index is 5.66. The minimum absolute atomic E-state index is 0.375. The second kappa shape index (κ2) is 4.37. The zero-order chi connectivity index (χ0) is 12.4. The Morgan fingerprint density at radius 3 is 2.89 bits per heavy atom. The zero-order valence-electron chi connectivity index (χ0n) is 9.63. The average molecular weight is 240 g/mol. The van der Waals surface area contributed by atoms with Gasteiger partial charge in [-0.15, -0.1) is 0 Å². The number of aromatic amines is 1. The molecule has 0 atom stereocenters. The Kier molecular flexibility index (Phi) is 2.57. The minimum Gasteiger partial charge on any atom is -0.486 e. The fraction of sp³-hybridized carbons (Fsp3) is 0.0769. The number of H-pyrrole nitrogens is 1. The van der Waals surface area contributed by atoms with Crippen LogP contribution in [0.25, 0.3) is 11.2 Å². The first kappa shape index (κ1) is 10.6. The molecule has 0 aliphatic carbocycles. The highest BCUT2D eigenvalue weighted by Crippen LogP contribution is 2.14. The lowest BCUT2D eigenvalue weighted by Crippen LogP contribution is -1.96. The van der Waals surface area contributed by atoms with Crippen LogP contribution < -0.4 is 10.5 Å². The van der Waals surface area contributed by atoms with Crippen LogP contribution in [0.1, 0.15) is 5.82 Å². The highest BCUT2D eigenvalue weighted by molar-refractivity contribution is 5.73. The van der Waals surface area contributed by atoms with Gasteiger partial charge in [0, 0.05) is 0 Å². The second-order valence-corrected chi connectivity index (χ2v) is 3.93. The predicted molar refractivity (Wildman–Crippen MR) is 69.1 cm³/mol. The number of ether oxygens (including phenoxy) is 1. The number of rotatable bonds is 3. The van der Waals surface area contributed by atoms with Crippen LogP contribution >= 0.6 is 0 Å². The predicted octanol–water partition coefficient (Wildman–Crippen LogP) is 2.12. The number of aromatic nitrogens is 3. The lowest BCUT2D eigenvalue weighted by atomic mass is 10.3. The molecule has 0 unspecified atom stereocenters. The number of para-hydroxylation sites is 1. The van der Waals surface area contributed by atoms with Gasteiger partial charge in [0.25, 0.3) is 0 Å². The molecule has 0 aliphatic heterocycles. The topological polar surface area (TPSA) is 76.8 Å². The van der Waals surface area contributed by atoms with Crippen LogP contribution in [0.4, 0.5) is 5.69 Å². The number of benzene rings is 1. The molecule has 3 aromatic rings. The van der Waals surface area contributed by atoms with Crippen molar-refractivity contribution in [2.75, 3.05) is 5.73 Å². The smallest absolute Gasteiger partial charge is 0.177 e. The summed E-state index contributed by atoms with van der Waals surface area (Å²) < 4.78 is 5.60. The van der Waals surface area contributed by atoms with Crippen molar-refractivity contribution in [2.45, 2.75) is 6.61 Å². The molecule has 5 nitrogen and oxygen atoms in total. The first-order chi connectivity index (χ1) is 8.81. The lowest BCUT2D eigenvalue weighted by Gasteiger charge is -2.02. The number of nitrogens with two attached hydrogens (primary N) is 1. The van der Waals surface area contributed by atoms with E-state index in [4.69, 9.17) is 10.5 Å². The molecule has 2 heterocycles. The van der Waals surface area contributed by atoms with E-state index in [1.165, 1.54) is 0 Å². The van der Waals surface area contributed by atoms with Gasteiger partial charge in [0.2, 0.25) is 0 Å². The summed E-state index contributed by atoms with van der Waals surface area (Å²) in [5.41, 5.74) is 7.74. The number of hydrogen-bond acceptors (Lipinski definition) is 4. The van der Waals surface area contributed by atoms with Gasteiger partial charge in [-0.05, 0) is 18.2 Å². The van der Waals surface area contributed by atoms with Gasteiger partial charge in [-0.1, -0.05) is 18.2 Å². The van der Waals surface area contributed by atoms with Gasteiger partial charge >= 0.3 is 0 Å². The monoisotopic (exact) mass is 240 g/mol. The zero-order valence-corrected chi connectivity index (χ0v) is 9.63. The summed E-state index contributed by atoms with van der Waals surface area (Å²) in [4.78, 5) is 11.6. The van der Waals surface area contributed by atoms with Crippen molar-refractivity contribution < 1.29 is 4.74 Å². The molecule has 0 radical (unpaired) electrons. The van der Waals surface area contributed by atoms with Gasteiger partial charge in [-0.3, -0.25) is 0 Å². The molecule has 0 saturated carbocycles. The number of nitrogens with zero attached hydrogens (tertiary/aromatic N) is 2. The number of hydrogen-bond donors (Lipinski definition) is 2. The molecule has 3 rings (SSSR count). The van der Waals surface area contributed by atoms with E-state index in [1.807, 2.05) is 30.3 Å². The van der Waals surface area contributed by atoms with E-state index in [0.29, 0.717) is 17.9 Å². The molecule has 0 aliphatic rings. The number of anilines is 1. The first-order valence-corrected chi connectivity index (χ1v) is 5.59. The number of pyridine rings is 1. The number of nitrogen functional groups attached to an aromatic ring is 1. The molecule has 1 aromatic carbocycles. The van der Waals surface area contributed by atoms with Crippen LogP contribution in [0.5, 0.6) is 5.75 Å². The van der Waals surface area contributed by atoms with Crippen LogP contribution in [0.2, 0.25) is 0 Å². The van der Waals surface area contributed by atoms with Crippen LogP contribution in [-0.4, -0.2) is 15.0 Å². The van der Waals surface area contributed by atoms with Gasteiger partial charge in [0.05, 0.1) is 17.4 Å². The van der Waals surface area contributed by atoms with Gasteiger partial charge in [-0.2, -0.15) is 0 Å². The largest absolute Gasteiger partial charge is 0.486 e. The minimum atomic E-state index is 0.375. The van der Waals surface area contributed by atoms with Crippen molar-refractivity contribution in [2.24, 2.45) is 0 Å². The van der Waals surface area contributed by atoms with E-state index in [2.05, 4.69) is 15.0 Å². The summed E-state index contributed by atoms with van der Waals surface area (Å²) in [5.74, 6) is 1.54. The fourth-order valence-electron chi connectivity index (χ4n) is 1.70. The molecule has 90 valence electrons. The van der Waals surface area contributed by atoms with E-state index >= 15 is 0 Å². The third-order valence-electron chi connectivity index (χ3n) is 2.53. The maximum Gasteiger partial charge on any atom is 0.177 e. The van der Waals surface area contributed by atoms with E-state index < -0.39 is 0 Å². The van der Waals surface area contributed by atoms with Crippen molar-refractivity contribution in [3.63, 3.8) is 0 Å². The summed E-state index contributed by atoms with van der Waals surface area (Å²) in [6.45, 7) is 0.375. The number of fused-ring (bicyclic) bond motifs is 1. The van der Waals surface area contributed by atoms with Gasteiger partial charge in [-0.25, -0.2) is 9.97 Å². The van der Waals surface area contributed by atoms with Gasteiger partial charge in [0.15, 0.2) is 5.65 Å². The second-order valence-electron chi connectivity index (χ2n) is 3.93. The molecule has 5 heteroatoms. The van der Waals surface area contributed by atoms with E-state index in [9.17, 15) is 0 Å². The molecular formula is C13H12N4O. The van der Waals surface area contributed by atoms with Crippen molar-refractivity contribution >= 4 is 16.9 Å². The standard InChI is InChI=1S/C13H12N4O/c14-9-6-11-13(15-7-9)17-12(16-11)8-18-10-4-2-1-3-5-10/h1-7H,8,14H2,(H,15,16,17). The Morgan fingerprint density at radius 1 is 1.22 bits per heavy atom. The first-order valence-electron chi connectivity index (χ1n) is 5.59. The normalized spacial score (nSPS) is 10.7. The van der Waals surface area contributed by atoms with Crippen molar-refractivity contribution in [1.29, 1.82) is 0 Å². The van der Waals surface area contributed by atoms with Crippen LogP contribution in [0.15, 0.2) is 42.6 Å². The molecule has 2 aromatic heterocycles. The van der Waals surface area contributed by atoms with Crippen LogP contribution in [0, 0.1) is 0 Å². The molecule has 0 bridgehead atoms. The Bertz CT molecular complexity index is 663. The molecular weight excluding hydrogens is 228 g/mol. The Morgan fingerprint density at radius 2 is 2.06 bits per heavy atom. The highest BCUT2D eigenvalue weighted by Gasteiger charge is 2.04. The third-order valence-corrected chi connectivity index (χ3v) is 2.53. The Labute approximate surface area is 104 Å². The van der Waals surface area contributed by atoms with Gasteiger partial charge in [0.1, 0.15) is 18.2 Å².